The second-order valence-electron chi connectivity index (χ2n) is 7.49. The maximum atomic E-state index is 12.5. The van der Waals surface area contributed by atoms with Crippen molar-refractivity contribution < 1.29 is 19.4 Å². The van der Waals surface area contributed by atoms with Crippen molar-refractivity contribution >= 4 is 11.6 Å². The first-order valence-electron chi connectivity index (χ1n) is 10.6. The van der Waals surface area contributed by atoms with E-state index < -0.39 is 5.91 Å². The highest BCUT2D eigenvalue weighted by Crippen LogP contribution is 2.26. The molecule has 0 aliphatic rings. The van der Waals surface area contributed by atoms with E-state index in [0.717, 1.165) is 11.1 Å². The minimum Gasteiger partial charge on any atom is -0.504 e. The molecular formula is C26H24N4O4. The number of aromatic hydroxyl groups is 1. The Morgan fingerprint density at radius 2 is 1.88 bits per heavy atom. The fourth-order valence-electron chi connectivity index (χ4n) is 3.23. The van der Waals surface area contributed by atoms with Crippen LogP contribution < -0.4 is 14.9 Å². The largest absolute Gasteiger partial charge is 0.504 e. The molecule has 34 heavy (non-hydrogen) atoms. The van der Waals surface area contributed by atoms with Crippen molar-refractivity contribution in [2.45, 2.75) is 13.5 Å². The lowest BCUT2D eigenvalue weighted by atomic mass is 10.1. The van der Waals surface area contributed by atoms with Gasteiger partial charge in [0.25, 0.3) is 5.91 Å². The number of nitrogens with zero attached hydrogens (tertiary/aromatic N) is 2. The summed E-state index contributed by atoms with van der Waals surface area (Å²) in [7, 11) is 1.47. The number of phenolic OH excluding ortho intramolecular Hbond substituents is 1. The number of H-pyrrole nitrogens is 1. The number of nitrogens with one attached hydrogen (secondary N) is 2. The molecule has 4 rings (SSSR count). The molecule has 0 atom stereocenters. The number of hydrogen-bond acceptors (Lipinski definition) is 6. The van der Waals surface area contributed by atoms with Gasteiger partial charge < -0.3 is 14.6 Å². The smallest absolute Gasteiger partial charge is 0.289 e. The van der Waals surface area contributed by atoms with Crippen molar-refractivity contribution in [1.29, 1.82) is 0 Å². The summed E-state index contributed by atoms with van der Waals surface area (Å²) in [6.07, 6.45) is 0. The van der Waals surface area contributed by atoms with E-state index in [1.165, 1.54) is 13.2 Å². The summed E-state index contributed by atoms with van der Waals surface area (Å²) in [6.45, 7) is 2.20. The van der Waals surface area contributed by atoms with Gasteiger partial charge in [0.05, 0.1) is 18.5 Å². The Hall–Kier alpha value is -4.59. The fourth-order valence-corrected chi connectivity index (χ4v) is 3.23. The van der Waals surface area contributed by atoms with Crippen LogP contribution in [0.4, 0.5) is 0 Å². The van der Waals surface area contributed by atoms with E-state index in [4.69, 9.17) is 9.47 Å². The van der Waals surface area contributed by atoms with Crippen LogP contribution in [0.15, 0.2) is 84.0 Å². The molecule has 0 aliphatic carbocycles. The molecule has 0 saturated heterocycles. The molecule has 0 aliphatic heterocycles. The van der Waals surface area contributed by atoms with Crippen molar-refractivity contribution in [3.05, 3.63) is 95.7 Å². The Morgan fingerprint density at radius 3 is 2.68 bits per heavy atom. The van der Waals surface area contributed by atoms with Crippen molar-refractivity contribution in [3.8, 4) is 28.5 Å². The number of carbonyl (C=O) groups is 1. The number of aromatic amines is 1. The molecule has 3 N–H and O–H groups in total. The zero-order valence-corrected chi connectivity index (χ0v) is 18.8. The van der Waals surface area contributed by atoms with Crippen molar-refractivity contribution in [2.24, 2.45) is 5.10 Å². The Kier molecular flexibility index (Phi) is 6.88. The van der Waals surface area contributed by atoms with E-state index >= 15 is 0 Å². The van der Waals surface area contributed by atoms with E-state index in [1.807, 2.05) is 54.6 Å². The van der Waals surface area contributed by atoms with Crippen LogP contribution in [0.2, 0.25) is 0 Å². The van der Waals surface area contributed by atoms with Crippen LogP contribution in [0, 0.1) is 0 Å². The predicted octanol–water partition coefficient (Wildman–Crippen LogP) is 4.52. The highest BCUT2D eigenvalue weighted by Gasteiger charge is 2.12. The molecule has 0 spiro atoms. The van der Waals surface area contributed by atoms with Crippen molar-refractivity contribution in [2.75, 3.05) is 7.11 Å². The van der Waals surface area contributed by atoms with Gasteiger partial charge >= 0.3 is 0 Å². The number of amides is 1. The lowest BCUT2D eigenvalue weighted by Gasteiger charge is -2.07. The van der Waals surface area contributed by atoms with Crippen LogP contribution >= 0.6 is 0 Å². The van der Waals surface area contributed by atoms with Crippen molar-refractivity contribution in [1.82, 2.24) is 15.6 Å². The molecule has 0 saturated carbocycles. The molecule has 0 unspecified atom stereocenters. The van der Waals surface area contributed by atoms with Gasteiger partial charge in [-0.25, -0.2) is 5.43 Å². The number of methoxy groups -OCH3 is 1. The molecule has 8 nitrogen and oxygen atoms in total. The van der Waals surface area contributed by atoms with Gasteiger partial charge in [0.2, 0.25) is 0 Å². The number of carbonyl (C=O) groups excluding carboxylic acids is 1. The normalized spacial score (nSPS) is 11.2. The number of ether oxygens (including phenoxy) is 2. The van der Waals surface area contributed by atoms with Gasteiger partial charge in [-0.3, -0.25) is 9.89 Å². The Morgan fingerprint density at radius 1 is 1.06 bits per heavy atom. The molecule has 0 fully saturated rings. The number of phenols is 1. The first-order chi connectivity index (χ1) is 16.5. The summed E-state index contributed by atoms with van der Waals surface area (Å²) in [4.78, 5) is 12.5. The van der Waals surface area contributed by atoms with Gasteiger partial charge in [0.15, 0.2) is 11.5 Å². The molecule has 1 amide bonds. The minimum absolute atomic E-state index is 0.0302. The summed E-state index contributed by atoms with van der Waals surface area (Å²) in [6, 6.07) is 23.9. The van der Waals surface area contributed by atoms with Gasteiger partial charge in [0, 0.05) is 11.1 Å². The Balaban J connectivity index is 1.42. The molecule has 4 aromatic rings. The molecular weight excluding hydrogens is 432 g/mol. The third kappa shape index (κ3) is 5.42. The maximum Gasteiger partial charge on any atom is 0.289 e. The maximum absolute atomic E-state index is 12.5. The standard InChI is InChI=1S/C26H24N4O4/c1-17(19-11-12-24(31)25(14-19)33-2)27-30-26(32)23-15-22(28-29-23)20-9-6-10-21(13-20)34-16-18-7-4-3-5-8-18/h3-15,31H,16H2,1-2H3,(H,28,29)(H,30,32)/b27-17+. The second-order valence-corrected chi connectivity index (χ2v) is 7.49. The number of hydrazone groups is 1. The predicted molar refractivity (Wildman–Crippen MR) is 129 cm³/mol. The zero-order chi connectivity index (χ0) is 23.9. The molecule has 8 heteroatoms. The first-order valence-corrected chi connectivity index (χ1v) is 10.6. The minimum atomic E-state index is -0.430. The topological polar surface area (TPSA) is 109 Å². The van der Waals surface area contributed by atoms with Crippen molar-refractivity contribution in [3.63, 3.8) is 0 Å². The van der Waals surface area contributed by atoms with Gasteiger partial charge in [-0.2, -0.15) is 10.2 Å². The number of aromatic nitrogens is 2. The average molecular weight is 457 g/mol. The third-order valence-electron chi connectivity index (χ3n) is 5.12. The van der Waals surface area contributed by atoms with Crippen LogP contribution in [0.25, 0.3) is 11.3 Å². The Bertz CT molecular complexity index is 1320. The van der Waals surface area contributed by atoms with Crippen LogP contribution in [-0.2, 0) is 6.61 Å². The SMILES string of the molecule is COc1cc(/C(C)=N/NC(=O)c2cc(-c3cccc(OCc4ccccc4)c3)n[nH]2)ccc1O. The van der Waals surface area contributed by atoms with Gasteiger partial charge in [0.1, 0.15) is 18.1 Å². The number of hydrogen-bond donors (Lipinski definition) is 3. The lowest BCUT2D eigenvalue weighted by molar-refractivity contribution is 0.0950. The summed E-state index contributed by atoms with van der Waals surface area (Å²) < 4.78 is 11.0. The van der Waals surface area contributed by atoms with Crippen LogP contribution in [0.3, 0.4) is 0 Å². The fraction of sp³-hybridized carbons (Fsp3) is 0.115. The van der Waals surface area contributed by atoms with Gasteiger partial charge in [-0.05, 0) is 48.9 Å². The highest BCUT2D eigenvalue weighted by molar-refractivity contribution is 6.01. The van der Waals surface area contributed by atoms with Gasteiger partial charge in [-0.1, -0.05) is 42.5 Å². The molecule has 3 aromatic carbocycles. The van der Waals surface area contributed by atoms with Crippen LogP contribution in [0.5, 0.6) is 17.2 Å². The van der Waals surface area contributed by atoms with E-state index in [0.29, 0.717) is 35.1 Å². The second kappa shape index (κ2) is 10.4. The average Bonchev–Trinajstić information content (AvgIpc) is 3.37. The molecule has 1 aromatic heterocycles. The summed E-state index contributed by atoms with van der Waals surface area (Å²) >= 11 is 0. The summed E-state index contributed by atoms with van der Waals surface area (Å²) in [5.74, 6) is 0.634. The molecule has 0 radical (unpaired) electrons. The summed E-state index contributed by atoms with van der Waals surface area (Å²) in [5.41, 5.74) is 6.54. The van der Waals surface area contributed by atoms with E-state index in [9.17, 15) is 9.90 Å². The number of rotatable bonds is 8. The quantitative estimate of drug-likeness (QED) is 0.267. The van der Waals surface area contributed by atoms with Crippen LogP contribution in [0.1, 0.15) is 28.5 Å². The molecule has 172 valence electrons. The molecule has 1 heterocycles. The summed E-state index contributed by atoms with van der Waals surface area (Å²) in [5, 5.41) is 20.9. The number of benzene rings is 3. The zero-order valence-electron chi connectivity index (χ0n) is 18.8. The van der Waals surface area contributed by atoms with E-state index in [2.05, 4.69) is 20.7 Å². The van der Waals surface area contributed by atoms with Gasteiger partial charge in [-0.15, -0.1) is 0 Å². The van der Waals surface area contributed by atoms with E-state index in [1.54, 1.807) is 25.1 Å². The lowest BCUT2D eigenvalue weighted by Crippen LogP contribution is -2.19. The van der Waals surface area contributed by atoms with Crippen LogP contribution in [-0.4, -0.2) is 34.0 Å². The van der Waals surface area contributed by atoms with E-state index in [-0.39, 0.29) is 11.4 Å². The third-order valence-corrected chi connectivity index (χ3v) is 5.12. The monoisotopic (exact) mass is 456 g/mol. The Labute approximate surface area is 196 Å². The first kappa shape index (κ1) is 22.6. The molecule has 0 bridgehead atoms. The highest BCUT2D eigenvalue weighted by atomic mass is 16.5.